The van der Waals surface area contributed by atoms with Crippen molar-refractivity contribution in [3.8, 4) is 0 Å². The van der Waals surface area contributed by atoms with Crippen LogP contribution in [-0.4, -0.2) is 36.9 Å². The number of hydrogen-bond donors (Lipinski definition) is 1. The fraction of sp³-hybridized carbons (Fsp3) is 0.385. The lowest BCUT2D eigenvalue weighted by Crippen LogP contribution is -2.39. The third-order valence-electron chi connectivity index (χ3n) is 2.48. The predicted octanol–water partition coefficient (Wildman–Crippen LogP) is 1.20. The first kappa shape index (κ1) is 13.4. The van der Waals surface area contributed by atoms with Crippen LogP contribution in [0, 0.1) is 6.92 Å². The van der Waals surface area contributed by atoms with Gasteiger partial charge in [0.05, 0.1) is 0 Å². The van der Waals surface area contributed by atoms with Crippen LogP contribution < -0.4 is 5.32 Å². The van der Waals surface area contributed by atoms with Crippen LogP contribution in [0.25, 0.3) is 0 Å². The molecule has 17 heavy (non-hydrogen) atoms. The van der Waals surface area contributed by atoms with E-state index in [1.165, 1.54) is 11.8 Å². The largest absolute Gasteiger partial charge is 0.318 e. The van der Waals surface area contributed by atoms with Crippen molar-refractivity contribution in [1.29, 1.82) is 0 Å². The van der Waals surface area contributed by atoms with E-state index in [1.807, 2.05) is 19.1 Å². The maximum Gasteiger partial charge on any atom is 0.260 e. The molecule has 0 radical (unpaired) electrons. The molecule has 1 aromatic carbocycles. The predicted molar refractivity (Wildman–Crippen MR) is 66.8 cm³/mol. The maximum absolute atomic E-state index is 12.1. The van der Waals surface area contributed by atoms with Gasteiger partial charge in [0, 0.05) is 25.6 Å². The molecule has 0 saturated heterocycles. The number of hydrogen-bond acceptors (Lipinski definition) is 3. The van der Waals surface area contributed by atoms with Crippen molar-refractivity contribution in [3.05, 3.63) is 35.4 Å². The van der Waals surface area contributed by atoms with E-state index in [2.05, 4.69) is 5.32 Å². The smallest absolute Gasteiger partial charge is 0.260 e. The van der Waals surface area contributed by atoms with E-state index in [1.54, 1.807) is 19.2 Å². The molecule has 0 saturated carbocycles. The molecule has 4 heteroatoms. The van der Waals surface area contributed by atoms with E-state index in [9.17, 15) is 9.59 Å². The van der Waals surface area contributed by atoms with E-state index in [4.69, 9.17) is 0 Å². The second-order valence-corrected chi connectivity index (χ2v) is 3.95. The number of likely N-dealkylation sites (N-methyl/N-ethyl adjacent to an activating group) is 1. The summed E-state index contributed by atoms with van der Waals surface area (Å²) in [6.07, 6.45) is 0. The monoisotopic (exact) mass is 234 g/mol. The number of benzene rings is 1. The molecule has 1 aromatic rings. The van der Waals surface area contributed by atoms with Gasteiger partial charge in [-0.1, -0.05) is 17.7 Å². The molecule has 92 valence electrons. The Morgan fingerprint density at radius 2 is 2.06 bits per heavy atom. The summed E-state index contributed by atoms with van der Waals surface area (Å²) in [5.41, 5.74) is 1.56. The van der Waals surface area contributed by atoms with Gasteiger partial charge in [0.15, 0.2) is 0 Å². The molecule has 0 bridgehead atoms. The fourth-order valence-corrected chi connectivity index (χ4v) is 1.56. The summed E-state index contributed by atoms with van der Waals surface area (Å²) in [6.45, 7) is 4.31. The Labute approximate surface area is 102 Å². The van der Waals surface area contributed by atoms with E-state index < -0.39 is 0 Å². The molecule has 0 aliphatic carbocycles. The summed E-state index contributed by atoms with van der Waals surface area (Å²) in [7, 11) is 1.79. The second kappa shape index (κ2) is 6.15. The first-order chi connectivity index (χ1) is 8.06. The van der Waals surface area contributed by atoms with Gasteiger partial charge in [0.25, 0.3) is 5.91 Å². The lowest BCUT2D eigenvalue weighted by Gasteiger charge is -2.19. The molecular formula is C13H18N2O2. The van der Waals surface area contributed by atoms with Gasteiger partial charge in [-0.05, 0) is 26.1 Å². The minimum atomic E-state index is -0.239. The van der Waals surface area contributed by atoms with Crippen LogP contribution in [0.15, 0.2) is 24.3 Å². The number of nitrogens with zero attached hydrogens (tertiary/aromatic N) is 1. The zero-order chi connectivity index (χ0) is 12.8. The molecule has 0 aliphatic heterocycles. The summed E-state index contributed by atoms with van der Waals surface area (Å²) in [4.78, 5) is 24.8. The number of carbonyl (C=O) groups is 2. The van der Waals surface area contributed by atoms with E-state index in [0.29, 0.717) is 18.7 Å². The third-order valence-corrected chi connectivity index (χ3v) is 2.48. The summed E-state index contributed by atoms with van der Waals surface area (Å²) in [6, 6.07) is 7.25. The van der Waals surface area contributed by atoms with Crippen LogP contribution in [-0.2, 0) is 4.79 Å². The van der Waals surface area contributed by atoms with Crippen molar-refractivity contribution in [1.82, 2.24) is 10.2 Å². The van der Waals surface area contributed by atoms with Gasteiger partial charge in [0.2, 0.25) is 5.91 Å². The Morgan fingerprint density at radius 1 is 1.35 bits per heavy atom. The molecule has 0 aliphatic rings. The summed E-state index contributed by atoms with van der Waals surface area (Å²) in [5.74, 6) is -0.469. The summed E-state index contributed by atoms with van der Waals surface area (Å²) < 4.78 is 0. The number of imide groups is 1. The van der Waals surface area contributed by atoms with Crippen molar-refractivity contribution < 1.29 is 9.59 Å². The highest BCUT2D eigenvalue weighted by Gasteiger charge is 2.18. The quantitative estimate of drug-likeness (QED) is 0.851. The minimum absolute atomic E-state index is 0.230. The molecule has 0 fully saturated rings. The Morgan fingerprint density at radius 3 is 2.59 bits per heavy atom. The van der Waals surface area contributed by atoms with Crippen LogP contribution in [0.2, 0.25) is 0 Å². The second-order valence-electron chi connectivity index (χ2n) is 3.95. The van der Waals surface area contributed by atoms with Crippen molar-refractivity contribution >= 4 is 11.8 Å². The van der Waals surface area contributed by atoms with Crippen molar-refractivity contribution in [3.63, 3.8) is 0 Å². The number of nitrogens with one attached hydrogen (secondary N) is 1. The molecule has 0 heterocycles. The highest BCUT2D eigenvalue weighted by molar-refractivity contribution is 6.04. The highest BCUT2D eigenvalue weighted by Crippen LogP contribution is 2.08. The SMILES string of the molecule is CNCCN(C(C)=O)C(=O)c1cccc(C)c1. The average molecular weight is 234 g/mol. The van der Waals surface area contributed by atoms with Crippen LogP contribution in [0.3, 0.4) is 0 Å². The van der Waals surface area contributed by atoms with Crippen molar-refractivity contribution in [2.75, 3.05) is 20.1 Å². The molecule has 0 unspecified atom stereocenters. The van der Waals surface area contributed by atoms with E-state index >= 15 is 0 Å². The normalized spacial score (nSPS) is 10.1. The van der Waals surface area contributed by atoms with Crippen LogP contribution in [0.5, 0.6) is 0 Å². The minimum Gasteiger partial charge on any atom is -0.318 e. The first-order valence-corrected chi connectivity index (χ1v) is 5.60. The van der Waals surface area contributed by atoms with Gasteiger partial charge < -0.3 is 5.32 Å². The average Bonchev–Trinajstić information content (AvgIpc) is 2.29. The van der Waals surface area contributed by atoms with Gasteiger partial charge in [-0.3, -0.25) is 14.5 Å². The lowest BCUT2D eigenvalue weighted by molar-refractivity contribution is -0.126. The molecule has 2 amide bonds. The fourth-order valence-electron chi connectivity index (χ4n) is 1.56. The Hall–Kier alpha value is -1.68. The zero-order valence-electron chi connectivity index (χ0n) is 10.5. The van der Waals surface area contributed by atoms with Crippen LogP contribution in [0.4, 0.5) is 0 Å². The molecule has 0 atom stereocenters. The van der Waals surface area contributed by atoms with Gasteiger partial charge >= 0.3 is 0 Å². The van der Waals surface area contributed by atoms with Gasteiger partial charge in [-0.25, -0.2) is 0 Å². The zero-order valence-corrected chi connectivity index (χ0v) is 10.5. The lowest BCUT2D eigenvalue weighted by atomic mass is 10.1. The van der Waals surface area contributed by atoms with Crippen LogP contribution in [0.1, 0.15) is 22.8 Å². The molecule has 0 aromatic heterocycles. The molecular weight excluding hydrogens is 216 g/mol. The van der Waals surface area contributed by atoms with Crippen molar-refractivity contribution in [2.24, 2.45) is 0 Å². The van der Waals surface area contributed by atoms with Crippen molar-refractivity contribution in [2.45, 2.75) is 13.8 Å². The molecule has 1 rings (SSSR count). The van der Waals surface area contributed by atoms with Gasteiger partial charge in [-0.2, -0.15) is 0 Å². The van der Waals surface area contributed by atoms with Crippen LogP contribution >= 0.6 is 0 Å². The molecule has 4 nitrogen and oxygen atoms in total. The maximum atomic E-state index is 12.1. The molecule has 0 spiro atoms. The highest BCUT2D eigenvalue weighted by atomic mass is 16.2. The topological polar surface area (TPSA) is 49.4 Å². The number of carbonyl (C=O) groups excluding carboxylic acids is 2. The summed E-state index contributed by atoms with van der Waals surface area (Å²) >= 11 is 0. The standard InChI is InChI=1S/C13H18N2O2/c1-10-5-4-6-12(9-10)13(17)15(11(2)16)8-7-14-3/h4-6,9,14H,7-8H2,1-3H3. The Bertz CT molecular complexity index is 416. The first-order valence-electron chi connectivity index (χ1n) is 5.60. The molecule has 1 N–H and O–H groups in total. The Kier molecular flexibility index (Phi) is 4.84. The Balaban J connectivity index is 2.88. The number of rotatable bonds is 4. The number of amides is 2. The summed E-state index contributed by atoms with van der Waals surface area (Å²) in [5, 5.41) is 2.92. The third kappa shape index (κ3) is 3.67. The van der Waals surface area contributed by atoms with E-state index in [0.717, 1.165) is 5.56 Å². The van der Waals surface area contributed by atoms with Gasteiger partial charge in [-0.15, -0.1) is 0 Å². The van der Waals surface area contributed by atoms with Gasteiger partial charge in [0.1, 0.15) is 0 Å². The van der Waals surface area contributed by atoms with E-state index in [-0.39, 0.29) is 11.8 Å². The number of aryl methyl sites for hydroxylation is 1.